The van der Waals surface area contributed by atoms with Crippen LogP contribution < -0.4 is 16.1 Å². The molecule has 9 nitrogen and oxygen atoms in total. The van der Waals surface area contributed by atoms with Crippen LogP contribution in [-0.4, -0.2) is 62.1 Å². The first-order valence-corrected chi connectivity index (χ1v) is 9.65. The number of anilines is 1. The van der Waals surface area contributed by atoms with Gasteiger partial charge in [-0.2, -0.15) is 4.98 Å². The molecule has 1 unspecified atom stereocenters. The highest BCUT2D eigenvalue weighted by molar-refractivity contribution is 6.18. The number of hydrogen-bond acceptors (Lipinski definition) is 6. The molecule has 0 aliphatic carbocycles. The normalized spacial score (nSPS) is 16.4. The lowest BCUT2D eigenvalue weighted by molar-refractivity contribution is 0.121. The Labute approximate surface area is 161 Å². The van der Waals surface area contributed by atoms with Crippen molar-refractivity contribution in [1.29, 1.82) is 0 Å². The van der Waals surface area contributed by atoms with Crippen LogP contribution in [-0.2, 0) is 24.9 Å². The average Bonchev–Trinajstić information content (AvgIpc) is 3.03. The highest BCUT2D eigenvalue weighted by atomic mass is 35.5. The van der Waals surface area contributed by atoms with Gasteiger partial charge in [0.15, 0.2) is 11.2 Å². The van der Waals surface area contributed by atoms with Crippen molar-refractivity contribution in [3.05, 3.63) is 20.8 Å². The number of aliphatic hydroxyl groups is 1. The molecule has 1 fully saturated rings. The molecule has 1 aliphatic rings. The lowest BCUT2D eigenvalue weighted by atomic mass is 10.2. The first kappa shape index (κ1) is 19.9. The summed E-state index contributed by atoms with van der Waals surface area (Å²) in [6, 6.07) is 0. The van der Waals surface area contributed by atoms with E-state index in [0.29, 0.717) is 50.0 Å². The minimum atomic E-state index is -0.834. The van der Waals surface area contributed by atoms with Gasteiger partial charge in [-0.3, -0.25) is 13.9 Å². The Morgan fingerprint density at radius 2 is 1.85 bits per heavy atom. The minimum Gasteiger partial charge on any atom is -0.390 e. The number of rotatable bonds is 6. The quantitative estimate of drug-likeness (QED) is 0.686. The summed E-state index contributed by atoms with van der Waals surface area (Å²) in [5, 5.41) is 10.1. The van der Waals surface area contributed by atoms with E-state index in [4.69, 9.17) is 16.3 Å². The molecule has 0 saturated carbocycles. The monoisotopic (exact) mass is 399 g/mol. The van der Waals surface area contributed by atoms with Crippen molar-refractivity contribution >= 4 is 28.7 Å². The summed E-state index contributed by atoms with van der Waals surface area (Å²) < 4.78 is 9.72. The summed E-state index contributed by atoms with van der Waals surface area (Å²) in [7, 11) is 1.61. The second kappa shape index (κ2) is 8.04. The topological polar surface area (TPSA) is 94.5 Å². The molecule has 150 valence electrons. The number of aryl methyl sites for hydroxylation is 1. The van der Waals surface area contributed by atoms with Gasteiger partial charge in [0.05, 0.1) is 31.7 Å². The van der Waals surface area contributed by atoms with Crippen molar-refractivity contribution in [2.75, 3.05) is 37.1 Å². The van der Waals surface area contributed by atoms with Gasteiger partial charge in [-0.15, -0.1) is 11.6 Å². The SMILES string of the molecule is CC(C)Cn1c(=O)c2c(nc(N3CCOCC3)n2CC(O)CCl)n(C)c1=O. The fourth-order valence-electron chi connectivity index (χ4n) is 3.32. The van der Waals surface area contributed by atoms with Crippen LogP contribution in [0, 0.1) is 5.92 Å². The first-order valence-electron chi connectivity index (χ1n) is 9.12. The highest BCUT2D eigenvalue weighted by Crippen LogP contribution is 2.21. The summed E-state index contributed by atoms with van der Waals surface area (Å²) >= 11 is 5.80. The molecule has 3 heterocycles. The minimum absolute atomic E-state index is 0.0359. The molecule has 27 heavy (non-hydrogen) atoms. The number of halogens is 1. The molecule has 0 radical (unpaired) electrons. The van der Waals surface area contributed by atoms with E-state index in [1.807, 2.05) is 18.7 Å². The summed E-state index contributed by atoms with van der Waals surface area (Å²) in [5.74, 6) is 0.719. The van der Waals surface area contributed by atoms with Crippen LogP contribution in [0.25, 0.3) is 11.2 Å². The number of aromatic nitrogens is 4. The average molecular weight is 400 g/mol. The Morgan fingerprint density at radius 1 is 1.19 bits per heavy atom. The number of aliphatic hydroxyl groups excluding tert-OH is 1. The predicted octanol–water partition coefficient (Wildman–Crippen LogP) is -0.0110. The number of imidazole rings is 1. The van der Waals surface area contributed by atoms with E-state index < -0.39 is 17.4 Å². The number of nitrogens with zero attached hydrogens (tertiary/aromatic N) is 5. The standard InChI is InChI=1S/C17H26ClN5O4/c1-11(2)9-23-15(25)13-14(20(3)17(23)26)19-16(21-4-6-27-7-5-21)22(13)10-12(24)8-18/h11-12,24H,4-10H2,1-3H3. The molecule has 1 atom stereocenters. The zero-order chi connectivity index (χ0) is 19.7. The van der Waals surface area contributed by atoms with Crippen molar-refractivity contribution < 1.29 is 9.84 Å². The van der Waals surface area contributed by atoms with Gasteiger partial charge in [-0.25, -0.2) is 4.79 Å². The second-order valence-electron chi connectivity index (χ2n) is 7.25. The van der Waals surface area contributed by atoms with Gasteiger partial charge >= 0.3 is 5.69 Å². The van der Waals surface area contributed by atoms with E-state index in [-0.39, 0.29) is 18.3 Å². The number of morpholine rings is 1. The van der Waals surface area contributed by atoms with Gasteiger partial charge < -0.3 is 19.3 Å². The van der Waals surface area contributed by atoms with Crippen LogP contribution in [0.2, 0.25) is 0 Å². The lowest BCUT2D eigenvalue weighted by Crippen LogP contribution is -2.41. The molecular formula is C17H26ClN5O4. The van der Waals surface area contributed by atoms with E-state index in [0.717, 1.165) is 0 Å². The number of ether oxygens (including phenoxy) is 1. The third-order valence-electron chi connectivity index (χ3n) is 4.63. The molecule has 1 saturated heterocycles. The van der Waals surface area contributed by atoms with E-state index in [1.165, 1.54) is 9.13 Å². The van der Waals surface area contributed by atoms with Gasteiger partial charge in [0, 0.05) is 26.7 Å². The third kappa shape index (κ3) is 3.76. The van der Waals surface area contributed by atoms with Gasteiger partial charge in [-0.05, 0) is 5.92 Å². The van der Waals surface area contributed by atoms with Crippen molar-refractivity contribution in [3.8, 4) is 0 Å². The summed E-state index contributed by atoms with van der Waals surface area (Å²) in [4.78, 5) is 32.4. The zero-order valence-electron chi connectivity index (χ0n) is 15.9. The molecule has 0 spiro atoms. The Hall–Kier alpha value is -1.84. The van der Waals surface area contributed by atoms with Crippen LogP contribution in [0.4, 0.5) is 5.95 Å². The number of hydrogen-bond donors (Lipinski definition) is 1. The summed E-state index contributed by atoms with van der Waals surface area (Å²) in [6.07, 6.45) is -0.834. The maximum absolute atomic E-state index is 13.2. The van der Waals surface area contributed by atoms with Crippen molar-refractivity contribution in [1.82, 2.24) is 18.7 Å². The van der Waals surface area contributed by atoms with Crippen LogP contribution in [0.1, 0.15) is 13.8 Å². The molecule has 0 bridgehead atoms. The lowest BCUT2D eigenvalue weighted by Gasteiger charge is -2.28. The van der Waals surface area contributed by atoms with Crippen LogP contribution in [0.15, 0.2) is 9.59 Å². The third-order valence-corrected chi connectivity index (χ3v) is 4.98. The maximum Gasteiger partial charge on any atom is 0.332 e. The molecule has 1 aliphatic heterocycles. The van der Waals surface area contributed by atoms with E-state index in [1.54, 1.807) is 11.6 Å². The Morgan fingerprint density at radius 3 is 2.44 bits per heavy atom. The van der Waals surface area contributed by atoms with Gasteiger partial charge in [-0.1, -0.05) is 13.8 Å². The van der Waals surface area contributed by atoms with Gasteiger partial charge in [0.1, 0.15) is 0 Å². The second-order valence-corrected chi connectivity index (χ2v) is 7.56. The highest BCUT2D eigenvalue weighted by Gasteiger charge is 2.25. The van der Waals surface area contributed by atoms with E-state index >= 15 is 0 Å². The smallest absolute Gasteiger partial charge is 0.332 e. The Bertz CT molecular complexity index is 926. The summed E-state index contributed by atoms with van der Waals surface area (Å²) in [5.41, 5.74) is -0.162. The molecule has 1 N–H and O–H groups in total. The zero-order valence-corrected chi connectivity index (χ0v) is 16.6. The first-order chi connectivity index (χ1) is 12.8. The van der Waals surface area contributed by atoms with Gasteiger partial charge in [0.25, 0.3) is 5.56 Å². The Balaban J connectivity index is 2.27. The fourth-order valence-corrected chi connectivity index (χ4v) is 3.42. The van der Waals surface area contributed by atoms with Crippen molar-refractivity contribution in [3.63, 3.8) is 0 Å². The largest absolute Gasteiger partial charge is 0.390 e. The Kier molecular flexibility index (Phi) is 5.92. The maximum atomic E-state index is 13.2. The molecular weight excluding hydrogens is 374 g/mol. The van der Waals surface area contributed by atoms with Crippen LogP contribution in [0.5, 0.6) is 0 Å². The molecule has 2 aromatic rings. The van der Waals surface area contributed by atoms with Crippen molar-refractivity contribution in [2.45, 2.75) is 33.0 Å². The summed E-state index contributed by atoms with van der Waals surface area (Å²) in [6.45, 7) is 6.69. The number of fused-ring (bicyclic) bond motifs is 1. The molecule has 10 heteroatoms. The number of alkyl halides is 1. The van der Waals surface area contributed by atoms with Crippen molar-refractivity contribution in [2.24, 2.45) is 13.0 Å². The molecule has 0 amide bonds. The van der Waals surface area contributed by atoms with Crippen LogP contribution in [0.3, 0.4) is 0 Å². The fraction of sp³-hybridized carbons (Fsp3) is 0.706. The molecule has 2 aromatic heterocycles. The molecule has 0 aromatic carbocycles. The van der Waals surface area contributed by atoms with E-state index in [9.17, 15) is 14.7 Å². The van der Waals surface area contributed by atoms with E-state index in [2.05, 4.69) is 4.98 Å². The van der Waals surface area contributed by atoms with Crippen LogP contribution >= 0.6 is 11.6 Å². The molecule has 3 rings (SSSR count). The van der Waals surface area contributed by atoms with Gasteiger partial charge in [0.2, 0.25) is 5.95 Å². The predicted molar refractivity (Wildman–Crippen MR) is 104 cm³/mol.